The van der Waals surface area contributed by atoms with Crippen LogP contribution in [0.3, 0.4) is 0 Å². The summed E-state index contributed by atoms with van der Waals surface area (Å²) in [5.41, 5.74) is 2.24. The van der Waals surface area contributed by atoms with Crippen LogP contribution in [0.25, 0.3) is 0 Å². The predicted octanol–water partition coefficient (Wildman–Crippen LogP) is 5.56. The van der Waals surface area contributed by atoms with E-state index in [1.807, 2.05) is 94.8 Å². The van der Waals surface area contributed by atoms with E-state index in [-0.39, 0.29) is 32.7 Å². The van der Waals surface area contributed by atoms with Gasteiger partial charge >= 0.3 is 0 Å². The molecule has 0 atom stereocenters. The third-order valence-corrected chi connectivity index (χ3v) is 3.98. The molecule has 2 heterocycles. The van der Waals surface area contributed by atoms with E-state index in [0.717, 1.165) is 11.1 Å². The number of rotatable bonds is 1. The maximum Gasteiger partial charge on any atom is 0.116 e. The fraction of sp³-hybridized carbons (Fsp3) is 0.296. The van der Waals surface area contributed by atoms with E-state index in [2.05, 4.69) is 22.1 Å². The average molecular weight is 520 g/mol. The predicted molar refractivity (Wildman–Crippen MR) is 131 cm³/mol. The Balaban J connectivity index is 0.000000790. The zero-order chi connectivity index (χ0) is 23.4. The van der Waals surface area contributed by atoms with Gasteiger partial charge in [-0.15, -0.1) is 0 Å². The molecular formula is C27H33N3O2Y-2. The van der Waals surface area contributed by atoms with Crippen LogP contribution in [0.15, 0.2) is 79.0 Å². The molecular weight excluding hydrogens is 487 g/mol. The van der Waals surface area contributed by atoms with Crippen molar-refractivity contribution in [3.05, 3.63) is 102 Å². The van der Waals surface area contributed by atoms with Crippen LogP contribution >= 0.6 is 0 Å². The van der Waals surface area contributed by atoms with Gasteiger partial charge in [-0.05, 0) is 16.9 Å². The maximum atomic E-state index is 11.1. The van der Waals surface area contributed by atoms with Crippen molar-refractivity contribution in [1.29, 1.82) is 0 Å². The number of benzene rings is 2. The quantitative estimate of drug-likeness (QED) is 0.311. The summed E-state index contributed by atoms with van der Waals surface area (Å²) in [7, 11) is 0. The summed E-state index contributed by atoms with van der Waals surface area (Å²) in [6.07, 6.45) is 7.95. The normalized spacial score (nSPS) is 11.9. The molecule has 0 saturated carbocycles. The molecule has 6 heteroatoms. The van der Waals surface area contributed by atoms with Crippen molar-refractivity contribution in [2.24, 2.45) is 0 Å². The topological polar surface area (TPSA) is 55.3 Å². The van der Waals surface area contributed by atoms with Crippen LogP contribution in [-0.4, -0.2) is 29.5 Å². The van der Waals surface area contributed by atoms with Gasteiger partial charge in [-0.25, -0.2) is 4.98 Å². The van der Waals surface area contributed by atoms with E-state index >= 15 is 0 Å². The van der Waals surface area contributed by atoms with E-state index in [1.165, 1.54) is 4.90 Å². The van der Waals surface area contributed by atoms with Gasteiger partial charge in [0.25, 0.3) is 0 Å². The van der Waals surface area contributed by atoms with E-state index in [9.17, 15) is 4.79 Å². The van der Waals surface area contributed by atoms with Gasteiger partial charge in [0, 0.05) is 51.9 Å². The van der Waals surface area contributed by atoms with Crippen molar-refractivity contribution in [3.8, 4) is 0 Å². The average Bonchev–Trinajstić information content (AvgIpc) is 2.87. The molecule has 33 heavy (non-hydrogen) atoms. The first kappa shape index (κ1) is 30.8. The van der Waals surface area contributed by atoms with Crippen LogP contribution in [0.1, 0.15) is 44.6 Å². The maximum absolute atomic E-state index is 11.1. The van der Waals surface area contributed by atoms with Gasteiger partial charge in [0.15, 0.2) is 0 Å². The van der Waals surface area contributed by atoms with E-state index in [1.54, 1.807) is 12.3 Å². The first-order valence-corrected chi connectivity index (χ1v) is 11.0. The number of ether oxygens (including phenoxy) is 1. The van der Waals surface area contributed by atoms with Gasteiger partial charge in [0.2, 0.25) is 0 Å². The largest absolute Gasteiger partial charge is 0.459 e. The summed E-state index contributed by atoms with van der Waals surface area (Å²) < 4.78 is 5.60. The molecule has 1 radical (unpaired) electrons. The Morgan fingerprint density at radius 2 is 1.70 bits per heavy atom. The van der Waals surface area contributed by atoms with Crippen molar-refractivity contribution in [3.63, 3.8) is 0 Å². The number of amides is 1. The van der Waals surface area contributed by atoms with Crippen molar-refractivity contribution in [1.82, 2.24) is 9.97 Å². The summed E-state index contributed by atoms with van der Waals surface area (Å²) in [6.45, 7) is 9.48. The molecule has 1 aliphatic heterocycles. The summed E-state index contributed by atoms with van der Waals surface area (Å²) in [5, 5.41) is 0. The second kappa shape index (κ2) is 20.4. The number of anilines is 1. The molecule has 5 nitrogen and oxygen atoms in total. The van der Waals surface area contributed by atoms with Crippen molar-refractivity contribution in [2.45, 2.75) is 40.7 Å². The number of fused-ring (bicyclic) bond motifs is 4. The minimum Gasteiger partial charge on any atom is -0.459 e. The monoisotopic (exact) mass is 520 g/mol. The fourth-order valence-electron chi connectivity index (χ4n) is 2.65. The first-order chi connectivity index (χ1) is 15.8. The zero-order valence-electron chi connectivity index (χ0n) is 20.1. The molecule has 0 aliphatic carbocycles. The molecule has 0 saturated heterocycles. The van der Waals surface area contributed by atoms with Crippen LogP contribution in [0, 0.1) is 6.07 Å². The zero-order valence-corrected chi connectivity index (χ0v) is 22.9. The van der Waals surface area contributed by atoms with Crippen LogP contribution in [0.5, 0.6) is 0 Å². The van der Waals surface area contributed by atoms with Crippen LogP contribution in [-0.2, 0) is 55.3 Å². The van der Waals surface area contributed by atoms with Crippen molar-refractivity contribution < 1.29 is 42.2 Å². The molecule has 2 aromatic carbocycles. The molecule has 1 aromatic heterocycles. The second-order valence-electron chi connectivity index (χ2n) is 6.09. The molecule has 0 unspecified atom stereocenters. The minimum absolute atomic E-state index is 0. The Bertz CT molecular complexity index is 878. The Morgan fingerprint density at radius 1 is 0.970 bits per heavy atom. The van der Waals surface area contributed by atoms with Gasteiger partial charge < -0.3 is 19.4 Å². The molecule has 0 N–H and O–H groups in total. The SMILES string of the molecule is CC.CC.O=[C-]N1CC=CCOCc2cccc(c2)Cc2nccc1n2.[Y].[c-]1ccccc1. The molecule has 0 spiro atoms. The molecule has 1 aliphatic rings. The summed E-state index contributed by atoms with van der Waals surface area (Å²) in [4.78, 5) is 21.3. The number of carbonyl (C=O) groups excluding carboxylic acids is 1. The van der Waals surface area contributed by atoms with Gasteiger partial charge in [-0.3, -0.25) is 0 Å². The van der Waals surface area contributed by atoms with E-state index < -0.39 is 0 Å². The molecule has 0 fully saturated rings. The molecule has 3 aromatic rings. The van der Waals surface area contributed by atoms with E-state index in [4.69, 9.17) is 4.74 Å². The first-order valence-electron chi connectivity index (χ1n) is 11.0. The third-order valence-electron chi connectivity index (χ3n) is 3.98. The Kier molecular flexibility index (Phi) is 19.0. The number of nitrogens with zero attached hydrogens (tertiary/aromatic N) is 3. The van der Waals surface area contributed by atoms with Crippen LogP contribution in [0.2, 0.25) is 0 Å². The Morgan fingerprint density at radius 3 is 2.33 bits per heavy atom. The van der Waals surface area contributed by atoms with Crippen LogP contribution < -0.4 is 4.90 Å². The molecule has 4 bridgehead atoms. The Hall–Kier alpha value is -2.21. The second-order valence-corrected chi connectivity index (χ2v) is 6.09. The molecule has 173 valence electrons. The molecule has 1 amide bonds. The van der Waals surface area contributed by atoms with Crippen LogP contribution in [0.4, 0.5) is 5.82 Å². The molecule has 4 rings (SSSR count). The number of aromatic nitrogens is 2. The van der Waals surface area contributed by atoms with Gasteiger partial charge in [0.05, 0.1) is 19.6 Å². The minimum atomic E-state index is 0. The van der Waals surface area contributed by atoms with Gasteiger partial charge in [0.1, 0.15) is 5.82 Å². The van der Waals surface area contributed by atoms with Gasteiger partial charge in [-0.1, -0.05) is 70.2 Å². The summed E-state index contributed by atoms with van der Waals surface area (Å²) in [5.74, 6) is 1.23. The Labute approximate surface area is 224 Å². The van der Waals surface area contributed by atoms with Crippen molar-refractivity contribution >= 4 is 12.2 Å². The fourth-order valence-corrected chi connectivity index (χ4v) is 2.65. The third kappa shape index (κ3) is 12.6. The smallest absolute Gasteiger partial charge is 0.116 e. The summed E-state index contributed by atoms with van der Waals surface area (Å²) in [6, 6.07) is 22.4. The standard InChI is InChI=1S/C17H16N3O2.C6H5.2C2H6.Y/c21-13-20-8-1-2-9-22-12-15-5-3-4-14(10-15)11-16-18-7-6-17(20)19-16;1-2-4-6-5-3-1;2*1-2;/h1-7,10H,8-9,11-12H2;1-5H;2*1-2H3;/q2*-1;;;. The number of hydrogen-bond acceptors (Lipinski definition) is 4. The van der Waals surface area contributed by atoms with E-state index in [0.29, 0.717) is 37.8 Å². The van der Waals surface area contributed by atoms with Crippen molar-refractivity contribution in [2.75, 3.05) is 18.1 Å². The number of hydrogen-bond donors (Lipinski definition) is 0. The summed E-state index contributed by atoms with van der Waals surface area (Å²) >= 11 is 0. The van der Waals surface area contributed by atoms with Gasteiger partial charge in [-0.2, -0.15) is 36.4 Å².